The number of nitrogens with zero attached hydrogens (tertiary/aromatic N) is 2. The van der Waals surface area contributed by atoms with E-state index >= 15 is 0 Å². The minimum atomic E-state index is -0.129. The van der Waals surface area contributed by atoms with E-state index in [1.807, 2.05) is 0 Å². The molecule has 9 rings (SSSR count). The molecular weight excluding hydrogens is 729 g/mol. The first kappa shape index (κ1) is 39.8. The molecule has 0 aliphatic rings. The van der Waals surface area contributed by atoms with Gasteiger partial charge in [-0.2, -0.15) is 0 Å². The number of benzene rings is 7. The molecule has 0 radical (unpaired) electrons. The van der Waals surface area contributed by atoms with E-state index in [2.05, 4.69) is 210 Å². The fourth-order valence-corrected chi connectivity index (χ4v) is 9.25. The van der Waals surface area contributed by atoms with E-state index in [0.717, 1.165) is 44.4 Å². The fraction of sp³-hybridized carbons (Fsp3) is 0.316. The minimum Gasteiger partial charge on any atom is -0.455 e. The van der Waals surface area contributed by atoms with Crippen LogP contribution < -0.4 is 0 Å². The first-order chi connectivity index (χ1) is 28.3. The lowest BCUT2D eigenvalue weighted by Crippen LogP contribution is -2.17. The zero-order chi connectivity index (χ0) is 42.6. The summed E-state index contributed by atoms with van der Waals surface area (Å²) in [6.45, 7) is 30.3. The predicted octanol–water partition coefficient (Wildman–Crippen LogP) is 16.7. The molecule has 9 aromatic rings. The summed E-state index contributed by atoms with van der Waals surface area (Å²) in [6.07, 6.45) is 0. The predicted molar refractivity (Wildman–Crippen MR) is 259 cm³/mol. The summed E-state index contributed by atoms with van der Waals surface area (Å²) in [5, 5.41) is 7.10. The molecule has 304 valence electrons. The monoisotopic (exact) mass is 788 g/mol. The van der Waals surface area contributed by atoms with Crippen LogP contribution in [0.5, 0.6) is 0 Å². The molecular formula is C57H60N2O. The van der Waals surface area contributed by atoms with Crippen molar-refractivity contribution in [3.63, 3.8) is 0 Å². The van der Waals surface area contributed by atoms with Gasteiger partial charge in [0.15, 0.2) is 0 Å². The zero-order valence-corrected chi connectivity index (χ0v) is 37.9. The Morgan fingerprint density at radius 1 is 0.517 bits per heavy atom. The maximum absolute atomic E-state index is 7.04. The van der Waals surface area contributed by atoms with Crippen LogP contribution in [0.2, 0.25) is 0 Å². The summed E-state index contributed by atoms with van der Waals surface area (Å²) >= 11 is 0. The quantitative estimate of drug-likeness (QED) is 0.163. The van der Waals surface area contributed by atoms with E-state index in [-0.39, 0.29) is 28.1 Å². The molecule has 3 nitrogen and oxygen atoms in total. The molecule has 0 fully saturated rings. The largest absolute Gasteiger partial charge is 0.455 e. The standard InChI is InChI=1S/C57H60N2O/c1-33(2)44-29-38(37-26-39(55(5,6)7)31-40(27-37)56(8,9)10)30-45(34(3)4)51(44)59-52-48(57(11,12)13)22-17-23-49(52)58-54(59)43-21-16-20-42-47-28-36-25-24-35-18-14-15-19-41(35)46(36)32-50(47)60-53(42)43/h14-34H,1-13H3. The molecule has 0 aliphatic carbocycles. The summed E-state index contributed by atoms with van der Waals surface area (Å²) in [5.41, 5.74) is 15.2. The van der Waals surface area contributed by atoms with E-state index in [9.17, 15) is 0 Å². The summed E-state index contributed by atoms with van der Waals surface area (Å²) < 4.78 is 9.55. The van der Waals surface area contributed by atoms with Crippen LogP contribution >= 0.6 is 0 Å². The number of hydrogen-bond donors (Lipinski definition) is 0. The maximum atomic E-state index is 7.04. The summed E-state index contributed by atoms with van der Waals surface area (Å²) in [4.78, 5) is 5.61. The Labute approximate surface area is 356 Å². The van der Waals surface area contributed by atoms with E-state index in [1.165, 1.54) is 66.2 Å². The lowest BCUT2D eigenvalue weighted by atomic mass is 9.78. The Morgan fingerprint density at radius 3 is 1.75 bits per heavy atom. The van der Waals surface area contributed by atoms with Crippen molar-refractivity contribution in [2.24, 2.45) is 0 Å². The Hall–Kier alpha value is -5.67. The van der Waals surface area contributed by atoms with E-state index in [0.29, 0.717) is 0 Å². The highest BCUT2D eigenvalue weighted by atomic mass is 16.3. The molecule has 2 aromatic heterocycles. The van der Waals surface area contributed by atoms with Crippen LogP contribution in [0.15, 0.2) is 120 Å². The van der Waals surface area contributed by atoms with Gasteiger partial charge < -0.3 is 4.42 Å². The van der Waals surface area contributed by atoms with Crippen LogP contribution in [0.1, 0.15) is 130 Å². The van der Waals surface area contributed by atoms with Gasteiger partial charge >= 0.3 is 0 Å². The molecule has 60 heavy (non-hydrogen) atoms. The molecule has 0 N–H and O–H groups in total. The Bertz CT molecular complexity index is 3080. The third-order valence-electron chi connectivity index (χ3n) is 12.7. The highest BCUT2D eigenvalue weighted by Gasteiger charge is 2.30. The van der Waals surface area contributed by atoms with Gasteiger partial charge in [0, 0.05) is 10.8 Å². The van der Waals surface area contributed by atoms with E-state index in [4.69, 9.17) is 9.40 Å². The normalized spacial score (nSPS) is 13.1. The number of imidazole rings is 1. The van der Waals surface area contributed by atoms with Crippen molar-refractivity contribution in [1.82, 2.24) is 9.55 Å². The first-order valence-corrected chi connectivity index (χ1v) is 21.9. The van der Waals surface area contributed by atoms with Crippen molar-refractivity contribution in [3.8, 4) is 28.2 Å². The Balaban J connectivity index is 1.38. The Morgan fingerprint density at radius 2 is 1.12 bits per heavy atom. The highest BCUT2D eigenvalue weighted by molar-refractivity contribution is 6.17. The van der Waals surface area contributed by atoms with Gasteiger partial charge in [-0.25, -0.2) is 4.98 Å². The first-order valence-electron chi connectivity index (χ1n) is 21.9. The molecule has 0 bridgehead atoms. The van der Waals surface area contributed by atoms with Crippen molar-refractivity contribution < 1.29 is 4.42 Å². The number of rotatable bonds is 5. The van der Waals surface area contributed by atoms with Gasteiger partial charge in [-0.05, 0) is 125 Å². The molecule has 0 amide bonds. The van der Waals surface area contributed by atoms with Crippen LogP contribution in [0.4, 0.5) is 0 Å². The molecule has 0 aliphatic heterocycles. The van der Waals surface area contributed by atoms with Crippen LogP contribution in [0.25, 0.3) is 82.7 Å². The number of aromatic nitrogens is 2. The van der Waals surface area contributed by atoms with Gasteiger partial charge in [0.1, 0.15) is 17.0 Å². The highest BCUT2D eigenvalue weighted by Crippen LogP contribution is 2.46. The van der Waals surface area contributed by atoms with Crippen molar-refractivity contribution in [2.45, 2.75) is 118 Å². The summed E-state index contributed by atoms with van der Waals surface area (Å²) in [5.74, 6) is 1.38. The number of hydrogen-bond acceptors (Lipinski definition) is 2. The van der Waals surface area contributed by atoms with Gasteiger partial charge in [0.2, 0.25) is 0 Å². The lowest BCUT2D eigenvalue weighted by Gasteiger charge is -2.28. The van der Waals surface area contributed by atoms with Crippen LogP contribution in [-0.4, -0.2) is 9.55 Å². The molecule has 2 heterocycles. The summed E-state index contributed by atoms with van der Waals surface area (Å²) in [6, 6.07) is 43.1. The second-order valence-corrected chi connectivity index (χ2v) is 20.9. The van der Waals surface area contributed by atoms with Crippen molar-refractivity contribution >= 4 is 54.5 Å². The molecule has 0 saturated carbocycles. The Kier molecular flexibility index (Phi) is 9.24. The number of fused-ring (bicyclic) bond motifs is 7. The van der Waals surface area contributed by atoms with Crippen LogP contribution in [0.3, 0.4) is 0 Å². The molecule has 0 atom stereocenters. The third kappa shape index (κ3) is 6.62. The topological polar surface area (TPSA) is 31.0 Å². The van der Waals surface area contributed by atoms with Crippen LogP contribution in [-0.2, 0) is 16.2 Å². The van der Waals surface area contributed by atoms with Gasteiger partial charge in [-0.15, -0.1) is 0 Å². The van der Waals surface area contributed by atoms with Gasteiger partial charge in [0.05, 0.1) is 22.3 Å². The maximum Gasteiger partial charge on any atom is 0.149 e. The van der Waals surface area contributed by atoms with E-state index < -0.39 is 0 Å². The fourth-order valence-electron chi connectivity index (χ4n) is 9.25. The smallest absolute Gasteiger partial charge is 0.149 e. The minimum absolute atomic E-state index is 0.0177. The average Bonchev–Trinajstić information content (AvgIpc) is 3.76. The second-order valence-electron chi connectivity index (χ2n) is 20.9. The van der Waals surface area contributed by atoms with Gasteiger partial charge in [-0.1, -0.05) is 169 Å². The van der Waals surface area contributed by atoms with Crippen molar-refractivity contribution in [2.75, 3.05) is 0 Å². The van der Waals surface area contributed by atoms with Crippen molar-refractivity contribution in [1.29, 1.82) is 0 Å². The number of para-hydroxylation sites is 2. The van der Waals surface area contributed by atoms with Gasteiger partial charge in [-0.3, -0.25) is 4.57 Å². The van der Waals surface area contributed by atoms with Crippen LogP contribution in [0, 0.1) is 0 Å². The molecule has 0 saturated heterocycles. The van der Waals surface area contributed by atoms with E-state index in [1.54, 1.807) is 0 Å². The average molecular weight is 789 g/mol. The summed E-state index contributed by atoms with van der Waals surface area (Å²) in [7, 11) is 0. The molecule has 0 spiro atoms. The molecule has 7 aromatic carbocycles. The SMILES string of the molecule is CC(C)c1cc(-c2cc(C(C)(C)C)cc(C(C)(C)C)c2)cc(C(C)C)c1-n1c(-c2cccc3c2oc2cc4c(ccc5ccccc54)cc23)nc2cccc(C(C)(C)C)c21. The zero-order valence-electron chi connectivity index (χ0n) is 37.9. The van der Waals surface area contributed by atoms with Gasteiger partial charge in [0.25, 0.3) is 0 Å². The molecule has 0 unspecified atom stereocenters. The second kappa shape index (κ2) is 13.9. The number of furan rings is 1. The molecule has 3 heteroatoms. The lowest BCUT2D eigenvalue weighted by molar-refractivity contribution is 0.569. The third-order valence-corrected chi connectivity index (χ3v) is 12.7. The van der Waals surface area contributed by atoms with Crippen molar-refractivity contribution in [3.05, 3.63) is 143 Å².